The van der Waals surface area contributed by atoms with Gasteiger partial charge in [-0.05, 0) is 35.0 Å². The molecule has 0 unspecified atom stereocenters. The molecule has 0 radical (unpaired) electrons. The number of morpholine rings is 1. The Hall–Kier alpha value is 0.1000. The van der Waals surface area contributed by atoms with E-state index in [1.54, 1.807) is 11.3 Å². The minimum Gasteiger partial charge on any atom is -0.379 e. The molecule has 0 amide bonds. The summed E-state index contributed by atoms with van der Waals surface area (Å²) in [6.07, 6.45) is 0. The topological polar surface area (TPSA) is 48.9 Å². The van der Waals surface area contributed by atoms with Crippen LogP contribution in [0.15, 0.2) is 20.9 Å². The van der Waals surface area contributed by atoms with Gasteiger partial charge < -0.3 is 15.4 Å². The first-order valence-corrected chi connectivity index (χ1v) is 8.95. The van der Waals surface area contributed by atoms with Gasteiger partial charge in [0.25, 0.3) is 0 Å². The fourth-order valence-corrected chi connectivity index (χ4v) is 3.50. The van der Waals surface area contributed by atoms with Crippen LogP contribution in [0.1, 0.15) is 11.8 Å². The van der Waals surface area contributed by atoms with Gasteiger partial charge >= 0.3 is 0 Å². The van der Waals surface area contributed by atoms with Crippen LogP contribution in [0.5, 0.6) is 0 Å². The Morgan fingerprint density at radius 2 is 2.14 bits per heavy atom. The average Bonchev–Trinajstić information content (AvgIpc) is 2.91. The Morgan fingerprint density at radius 3 is 2.77 bits per heavy atom. The zero-order valence-corrected chi connectivity index (χ0v) is 17.5. The predicted octanol–water partition coefficient (Wildman–Crippen LogP) is 2.52. The summed E-state index contributed by atoms with van der Waals surface area (Å²) in [5.74, 6) is 0.885. The molecule has 0 saturated carbocycles. The molecule has 0 aliphatic carbocycles. The number of nitrogens with zero attached hydrogens (tertiary/aromatic N) is 2. The van der Waals surface area contributed by atoms with E-state index in [2.05, 4.69) is 55.5 Å². The summed E-state index contributed by atoms with van der Waals surface area (Å²) in [6, 6.07) is 4.17. The van der Waals surface area contributed by atoms with Gasteiger partial charge in [-0.15, -0.1) is 35.3 Å². The lowest BCUT2D eigenvalue weighted by Gasteiger charge is -2.26. The van der Waals surface area contributed by atoms with Crippen molar-refractivity contribution >= 4 is 57.2 Å². The first kappa shape index (κ1) is 20.1. The summed E-state index contributed by atoms with van der Waals surface area (Å²) < 4.78 is 6.51. The molecular weight excluding hydrogens is 479 g/mol. The van der Waals surface area contributed by atoms with Crippen LogP contribution in [0, 0.1) is 0 Å². The maximum atomic E-state index is 5.35. The van der Waals surface area contributed by atoms with Gasteiger partial charge in [-0.3, -0.25) is 4.90 Å². The number of hydrogen-bond donors (Lipinski definition) is 2. The lowest BCUT2D eigenvalue weighted by atomic mass is 10.4. The maximum absolute atomic E-state index is 5.35. The van der Waals surface area contributed by atoms with E-state index >= 15 is 0 Å². The van der Waals surface area contributed by atoms with Crippen molar-refractivity contribution in [3.8, 4) is 0 Å². The van der Waals surface area contributed by atoms with Crippen LogP contribution >= 0.6 is 51.2 Å². The minimum absolute atomic E-state index is 0. The van der Waals surface area contributed by atoms with E-state index < -0.39 is 0 Å². The quantitative estimate of drug-likeness (QED) is 0.356. The van der Waals surface area contributed by atoms with Crippen molar-refractivity contribution in [3.63, 3.8) is 0 Å². The number of halogens is 2. The lowest BCUT2D eigenvalue weighted by molar-refractivity contribution is 0.0389. The third-order valence-corrected chi connectivity index (χ3v) is 4.80. The van der Waals surface area contributed by atoms with Gasteiger partial charge in [-0.1, -0.05) is 0 Å². The second kappa shape index (κ2) is 11.6. The van der Waals surface area contributed by atoms with E-state index in [1.165, 1.54) is 4.88 Å². The molecule has 1 aliphatic rings. The monoisotopic (exact) mass is 502 g/mol. The molecule has 8 heteroatoms. The van der Waals surface area contributed by atoms with E-state index in [0.717, 1.165) is 55.7 Å². The van der Waals surface area contributed by atoms with Gasteiger partial charge in [0.05, 0.1) is 23.5 Å². The standard InChI is InChI=1S/C14H23BrN4OS.HI/c1-2-16-14(18-11-12-3-4-13(15)21-12)17-5-6-19-7-9-20-10-8-19;/h3-4H,2,5-11H2,1H3,(H2,16,17,18);1H. The highest BCUT2D eigenvalue weighted by molar-refractivity contribution is 14.0. The van der Waals surface area contributed by atoms with Crippen LogP contribution < -0.4 is 10.6 Å². The lowest BCUT2D eigenvalue weighted by Crippen LogP contribution is -2.44. The normalized spacial score (nSPS) is 16.2. The SMILES string of the molecule is CCNC(=NCc1ccc(Br)s1)NCCN1CCOCC1.I. The number of hydrogen-bond acceptors (Lipinski definition) is 4. The van der Waals surface area contributed by atoms with E-state index in [9.17, 15) is 0 Å². The Labute approximate surface area is 162 Å². The molecule has 1 aliphatic heterocycles. The molecule has 1 aromatic rings. The molecule has 5 nitrogen and oxygen atoms in total. The van der Waals surface area contributed by atoms with Gasteiger partial charge in [0.15, 0.2) is 5.96 Å². The Balaban J connectivity index is 0.00000242. The van der Waals surface area contributed by atoms with E-state index in [-0.39, 0.29) is 24.0 Å². The van der Waals surface area contributed by atoms with Crippen molar-refractivity contribution in [3.05, 3.63) is 20.8 Å². The second-order valence-corrected chi connectivity index (χ2v) is 7.33. The zero-order valence-electron chi connectivity index (χ0n) is 12.8. The third-order valence-electron chi connectivity index (χ3n) is 3.19. The molecule has 0 bridgehead atoms. The van der Waals surface area contributed by atoms with Crippen molar-refractivity contribution in [2.45, 2.75) is 13.5 Å². The molecule has 0 aromatic carbocycles. The van der Waals surface area contributed by atoms with Gasteiger partial charge in [0, 0.05) is 37.6 Å². The summed E-state index contributed by atoms with van der Waals surface area (Å²) in [4.78, 5) is 8.29. The van der Waals surface area contributed by atoms with Crippen LogP contribution in [0.4, 0.5) is 0 Å². The summed E-state index contributed by atoms with van der Waals surface area (Å²) in [5, 5.41) is 6.68. The molecule has 1 aromatic heterocycles. The smallest absolute Gasteiger partial charge is 0.191 e. The molecule has 1 fully saturated rings. The van der Waals surface area contributed by atoms with Crippen LogP contribution in [-0.4, -0.2) is 56.8 Å². The first-order chi connectivity index (χ1) is 10.3. The maximum Gasteiger partial charge on any atom is 0.191 e. The number of thiophene rings is 1. The van der Waals surface area contributed by atoms with Gasteiger partial charge in [-0.2, -0.15) is 0 Å². The molecule has 1 saturated heterocycles. The van der Waals surface area contributed by atoms with Crippen molar-refractivity contribution in [1.82, 2.24) is 15.5 Å². The minimum atomic E-state index is 0. The highest BCUT2D eigenvalue weighted by Gasteiger charge is 2.09. The van der Waals surface area contributed by atoms with Crippen molar-refractivity contribution in [2.24, 2.45) is 4.99 Å². The number of nitrogens with one attached hydrogen (secondary N) is 2. The third kappa shape index (κ3) is 7.58. The van der Waals surface area contributed by atoms with Gasteiger partial charge in [0.2, 0.25) is 0 Å². The molecule has 2 heterocycles. The van der Waals surface area contributed by atoms with Crippen molar-refractivity contribution in [1.29, 1.82) is 0 Å². The number of ether oxygens (including phenoxy) is 1. The predicted molar refractivity (Wildman–Crippen MR) is 108 cm³/mol. The van der Waals surface area contributed by atoms with E-state index in [0.29, 0.717) is 6.54 Å². The fourth-order valence-electron chi connectivity index (χ4n) is 2.09. The van der Waals surface area contributed by atoms with Gasteiger partial charge in [-0.25, -0.2) is 4.99 Å². The van der Waals surface area contributed by atoms with Gasteiger partial charge in [0.1, 0.15) is 0 Å². The molecule has 0 atom stereocenters. The summed E-state index contributed by atoms with van der Waals surface area (Å²) in [5.41, 5.74) is 0. The van der Waals surface area contributed by atoms with Crippen LogP contribution in [0.2, 0.25) is 0 Å². The summed E-state index contributed by atoms with van der Waals surface area (Å²) in [6.45, 7) is 9.35. The van der Waals surface area contributed by atoms with E-state index in [1.807, 2.05) is 0 Å². The highest BCUT2D eigenvalue weighted by atomic mass is 127. The van der Waals surface area contributed by atoms with Crippen molar-refractivity contribution in [2.75, 3.05) is 45.9 Å². The molecule has 2 rings (SSSR count). The Morgan fingerprint density at radius 1 is 1.36 bits per heavy atom. The summed E-state index contributed by atoms with van der Waals surface area (Å²) >= 11 is 5.21. The fraction of sp³-hybridized carbons (Fsp3) is 0.643. The molecule has 22 heavy (non-hydrogen) atoms. The number of aliphatic imine (C=N–C) groups is 1. The first-order valence-electron chi connectivity index (χ1n) is 7.34. The number of rotatable bonds is 6. The Kier molecular flexibility index (Phi) is 10.6. The molecule has 126 valence electrons. The molecular formula is C14H24BrIN4OS. The molecule has 2 N–H and O–H groups in total. The molecule has 0 spiro atoms. The highest BCUT2D eigenvalue weighted by Crippen LogP contribution is 2.22. The Bertz CT molecular complexity index is 452. The van der Waals surface area contributed by atoms with Crippen LogP contribution in [0.25, 0.3) is 0 Å². The zero-order chi connectivity index (χ0) is 14.9. The number of guanidine groups is 1. The second-order valence-electron chi connectivity index (χ2n) is 4.78. The van der Waals surface area contributed by atoms with Crippen molar-refractivity contribution < 1.29 is 4.74 Å². The average molecular weight is 503 g/mol. The van der Waals surface area contributed by atoms with E-state index in [4.69, 9.17) is 4.74 Å². The largest absolute Gasteiger partial charge is 0.379 e. The van der Waals surface area contributed by atoms with Crippen LogP contribution in [0.3, 0.4) is 0 Å². The van der Waals surface area contributed by atoms with Crippen LogP contribution in [-0.2, 0) is 11.3 Å². The summed E-state index contributed by atoms with van der Waals surface area (Å²) in [7, 11) is 0.